The largest absolute Gasteiger partial charge is 0.480 e. The number of amides is 1. The molecule has 3 unspecified atom stereocenters. The number of hydrogen-bond acceptors (Lipinski definition) is 2. The van der Waals surface area contributed by atoms with E-state index < -0.39 is 6.10 Å². The highest BCUT2D eigenvalue weighted by Gasteiger charge is 2.32. The number of nitrogens with one attached hydrogen (secondary N) is 1. The van der Waals surface area contributed by atoms with Crippen LogP contribution in [0.3, 0.4) is 0 Å². The Hall–Kier alpha value is -1.22. The van der Waals surface area contributed by atoms with Gasteiger partial charge in [-0.3, -0.25) is 4.79 Å². The molecule has 1 aromatic rings. The molecule has 1 aliphatic carbocycles. The van der Waals surface area contributed by atoms with Crippen LogP contribution in [-0.2, 0) is 11.2 Å². The summed E-state index contributed by atoms with van der Waals surface area (Å²) in [5, 5.41) is 3.85. The van der Waals surface area contributed by atoms with Gasteiger partial charge >= 0.3 is 0 Å². The van der Waals surface area contributed by atoms with E-state index in [0.717, 1.165) is 17.7 Å². The van der Waals surface area contributed by atoms with Gasteiger partial charge in [0.2, 0.25) is 0 Å². The van der Waals surface area contributed by atoms with Crippen LogP contribution in [-0.4, -0.2) is 18.1 Å². The molecule has 0 radical (unpaired) electrons. The molecular weight excluding hydrogens is 274 g/mol. The molecule has 3 atom stereocenters. The van der Waals surface area contributed by atoms with Gasteiger partial charge < -0.3 is 10.1 Å². The van der Waals surface area contributed by atoms with Gasteiger partial charge in [0.05, 0.1) is 0 Å². The minimum absolute atomic E-state index is 0.0103. The summed E-state index contributed by atoms with van der Waals surface area (Å²) in [4.78, 5) is 12.3. The van der Waals surface area contributed by atoms with E-state index in [1.54, 1.807) is 6.07 Å². The second-order valence-electron chi connectivity index (χ2n) is 5.94. The summed E-state index contributed by atoms with van der Waals surface area (Å²) in [7, 11) is 0. The van der Waals surface area contributed by atoms with Gasteiger partial charge in [0.1, 0.15) is 5.75 Å². The zero-order valence-corrected chi connectivity index (χ0v) is 12.5. The summed E-state index contributed by atoms with van der Waals surface area (Å²) in [6.45, 7) is 2.22. The molecule has 0 spiro atoms. The second kappa shape index (κ2) is 5.65. The maximum Gasteiger partial charge on any atom is 0.261 e. The third kappa shape index (κ3) is 2.78. The van der Waals surface area contributed by atoms with Crippen molar-refractivity contribution in [2.24, 2.45) is 5.92 Å². The van der Waals surface area contributed by atoms with E-state index in [0.29, 0.717) is 23.4 Å². The van der Waals surface area contributed by atoms with Crippen molar-refractivity contribution in [1.82, 2.24) is 5.32 Å². The molecule has 108 valence electrons. The van der Waals surface area contributed by atoms with Crippen molar-refractivity contribution in [2.75, 3.05) is 0 Å². The molecule has 1 heterocycles. The van der Waals surface area contributed by atoms with E-state index in [-0.39, 0.29) is 5.91 Å². The number of rotatable bonds is 2. The number of halogens is 1. The molecule has 1 saturated carbocycles. The zero-order valence-electron chi connectivity index (χ0n) is 11.7. The van der Waals surface area contributed by atoms with Gasteiger partial charge in [-0.25, -0.2) is 0 Å². The van der Waals surface area contributed by atoms with Gasteiger partial charge in [-0.05, 0) is 42.5 Å². The highest BCUT2D eigenvalue weighted by atomic mass is 35.5. The molecule has 1 aliphatic heterocycles. The standard InChI is InChI=1S/C16H20ClNO2/c1-10-4-2-3-5-13(10)18-16(19)15-9-11-8-12(17)6-7-14(11)20-15/h6-8,10,13,15H,2-5,9H2,1H3,(H,18,19). The van der Waals surface area contributed by atoms with Gasteiger partial charge in [-0.2, -0.15) is 0 Å². The molecule has 0 saturated heterocycles. The SMILES string of the molecule is CC1CCCCC1NC(=O)C1Cc2cc(Cl)ccc2O1. The Bertz CT molecular complexity index is 517. The number of hydrogen-bond donors (Lipinski definition) is 1. The van der Waals surface area contributed by atoms with Gasteiger partial charge in [-0.15, -0.1) is 0 Å². The van der Waals surface area contributed by atoms with Gasteiger partial charge in [0, 0.05) is 17.5 Å². The maximum absolute atomic E-state index is 12.3. The Morgan fingerprint density at radius 2 is 2.15 bits per heavy atom. The van der Waals surface area contributed by atoms with Crippen molar-refractivity contribution in [3.63, 3.8) is 0 Å². The third-order valence-corrected chi connectivity index (χ3v) is 4.66. The van der Waals surface area contributed by atoms with Crippen molar-refractivity contribution in [2.45, 2.75) is 51.2 Å². The van der Waals surface area contributed by atoms with Crippen LogP contribution in [0.5, 0.6) is 5.75 Å². The Labute approximate surface area is 124 Å². The molecule has 0 bridgehead atoms. The smallest absolute Gasteiger partial charge is 0.261 e. The highest BCUT2D eigenvalue weighted by Crippen LogP contribution is 2.31. The summed E-state index contributed by atoms with van der Waals surface area (Å²) in [5.74, 6) is 1.35. The normalized spacial score (nSPS) is 28.6. The Kier molecular flexibility index (Phi) is 3.88. The summed E-state index contributed by atoms with van der Waals surface area (Å²) in [6, 6.07) is 5.82. The molecule has 1 N–H and O–H groups in total. The molecular formula is C16H20ClNO2. The summed E-state index contributed by atoms with van der Waals surface area (Å²) in [6.07, 6.45) is 4.97. The molecule has 3 rings (SSSR count). The molecule has 3 nitrogen and oxygen atoms in total. The third-order valence-electron chi connectivity index (χ3n) is 4.43. The lowest BCUT2D eigenvalue weighted by Crippen LogP contribution is -2.46. The van der Waals surface area contributed by atoms with E-state index >= 15 is 0 Å². The minimum atomic E-state index is -0.405. The first-order valence-electron chi connectivity index (χ1n) is 7.39. The van der Waals surface area contributed by atoms with Crippen LogP contribution < -0.4 is 10.1 Å². The number of carbonyl (C=O) groups excluding carboxylic acids is 1. The van der Waals surface area contributed by atoms with Crippen molar-refractivity contribution in [3.05, 3.63) is 28.8 Å². The fourth-order valence-electron chi connectivity index (χ4n) is 3.17. The Morgan fingerprint density at radius 3 is 2.95 bits per heavy atom. The van der Waals surface area contributed by atoms with Gasteiger partial charge in [0.15, 0.2) is 6.10 Å². The first-order valence-corrected chi connectivity index (χ1v) is 7.77. The molecule has 0 aromatic heterocycles. The van der Waals surface area contributed by atoms with Crippen LogP contribution in [0.1, 0.15) is 38.2 Å². The topological polar surface area (TPSA) is 38.3 Å². The number of benzene rings is 1. The van der Waals surface area contributed by atoms with Gasteiger partial charge in [0.25, 0.3) is 5.91 Å². The van der Waals surface area contributed by atoms with Crippen molar-refractivity contribution < 1.29 is 9.53 Å². The average Bonchev–Trinajstić information content (AvgIpc) is 2.84. The highest BCUT2D eigenvalue weighted by molar-refractivity contribution is 6.30. The average molecular weight is 294 g/mol. The molecule has 1 amide bonds. The van der Waals surface area contributed by atoms with Crippen molar-refractivity contribution in [3.8, 4) is 5.75 Å². The molecule has 4 heteroatoms. The lowest BCUT2D eigenvalue weighted by atomic mass is 9.86. The van der Waals surface area contributed by atoms with Crippen LogP contribution in [0.25, 0.3) is 0 Å². The minimum Gasteiger partial charge on any atom is -0.480 e. The fourth-order valence-corrected chi connectivity index (χ4v) is 3.36. The van der Waals surface area contributed by atoms with Crippen LogP contribution in [0.15, 0.2) is 18.2 Å². The lowest BCUT2D eigenvalue weighted by molar-refractivity contribution is -0.128. The molecule has 1 aromatic carbocycles. The fraction of sp³-hybridized carbons (Fsp3) is 0.562. The van der Waals surface area contributed by atoms with Crippen LogP contribution in [0.2, 0.25) is 5.02 Å². The van der Waals surface area contributed by atoms with E-state index in [9.17, 15) is 4.79 Å². The van der Waals surface area contributed by atoms with Crippen LogP contribution >= 0.6 is 11.6 Å². The molecule has 1 fully saturated rings. The van der Waals surface area contributed by atoms with Gasteiger partial charge in [-0.1, -0.05) is 31.4 Å². The van der Waals surface area contributed by atoms with Crippen molar-refractivity contribution in [1.29, 1.82) is 0 Å². The number of carbonyl (C=O) groups is 1. The zero-order chi connectivity index (χ0) is 14.1. The first-order chi connectivity index (χ1) is 9.63. The van der Waals surface area contributed by atoms with E-state index in [4.69, 9.17) is 16.3 Å². The molecule has 2 aliphatic rings. The number of fused-ring (bicyclic) bond motifs is 1. The van der Waals surface area contributed by atoms with E-state index in [2.05, 4.69) is 12.2 Å². The predicted molar refractivity (Wildman–Crippen MR) is 79.1 cm³/mol. The first kappa shape index (κ1) is 13.7. The summed E-state index contributed by atoms with van der Waals surface area (Å²) in [5.41, 5.74) is 1.02. The second-order valence-corrected chi connectivity index (χ2v) is 6.38. The Balaban J connectivity index is 1.62. The van der Waals surface area contributed by atoms with Crippen LogP contribution in [0, 0.1) is 5.92 Å². The lowest BCUT2D eigenvalue weighted by Gasteiger charge is -2.30. The van der Waals surface area contributed by atoms with Crippen molar-refractivity contribution >= 4 is 17.5 Å². The number of ether oxygens (including phenoxy) is 1. The molecule has 20 heavy (non-hydrogen) atoms. The van der Waals surface area contributed by atoms with E-state index in [1.807, 2.05) is 12.1 Å². The predicted octanol–water partition coefficient (Wildman–Crippen LogP) is 3.34. The summed E-state index contributed by atoms with van der Waals surface area (Å²) >= 11 is 5.97. The Morgan fingerprint density at radius 1 is 1.35 bits per heavy atom. The summed E-state index contributed by atoms with van der Waals surface area (Å²) < 4.78 is 5.73. The van der Waals surface area contributed by atoms with E-state index in [1.165, 1.54) is 19.3 Å². The van der Waals surface area contributed by atoms with Crippen LogP contribution in [0.4, 0.5) is 0 Å². The monoisotopic (exact) mass is 293 g/mol. The quantitative estimate of drug-likeness (QED) is 0.908. The maximum atomic E-state index is 12.3.